The zero-order valence-corrected chi connectivity index (χ0v) is 23.2. The minimum atomic E-state index is -0.746. The number of carbonyl (C=O) groups is 2. The Morgan fingerprint density at radius 2 is 1.89 bits per heavy atom. The molecule has 1 saturated heterocycles. The largest absolute Gasteiger partial charge is 0.444 e. The fraction of sp³-hybridized carbons (Fsp3) is 0.500. The SMILES string of the molecule is COC(OC)c1nc(N(C)C(=O)Nc2cc(Cl)c(C#N)cn2)ccc1C1CCN(C(=O)OC(C)(C)C)CC1. The van der Waals surface area contributed by atoms with Crippen molar-refractivity contribution in [2.45, 2.75) is 51.4 Å². The van der Waals surface area contributed by atoms with Crippen LogP contribution in [0.4, 0.5) is 21.2 Å². The summed E-state index contributed by atoms with van der Waals surface area (Å²) in [5.74, 6) is 0.680. The number of ether oxygens (including phenoxy) is 3. The predicted molar refractivity (Wildman–Crippen MR) is 142 cm³/mol. The summed E-state index contributed by atoms with van der Waals surface area (Å²) in [6.07, 6.45) is 1.66. The van der Waals surface area contributed by atoms with E-state index in [2.05, 4.69) is 10.3 Å². The number of carbonyl (C=O) groups excluding carboxylic acids is 2. The summed E-state index contributed by atoms with van der Waals surface area (Å²) in [5.41, 5.74) is 1.15. The summed E-state index contributed by atoms with van der Waals surface area (Å²) >= 11 is 6.05. The molecule has 0 unspecified atom stereocenters. The molecule has 11 nitrogen and oxygen atoms in total. The van der Waals surface area contributed by atoms with Gasteiger partial charge in [0.15, 0.2) is 0 Å². The van der Waals surface area contributed by atoms with Crippen LogP contribution >= 0.6 is 11.6 Å². The van der Waals surface area contributed by atoms with E-state index in [1.54, 1.807) is 18.0 Å². The van der Waals surface area contributed by atoms with Crippen LogP contribution in [0.5, 0.6) is 0 Å². The van der Waals surface area contributed by atoms with Gasteiger partial charge in [-0.2, -0.15) is 5.26 Å². The number of pyridine rings is 2. The molecular formula is C26H33ClN6O5. The Balaban J connectivity index is 1.78. The molecule has 0 spiro atoms. The molecule has 2 aromatic rings. The third kappa shape index (κ3) is 7.10. The minimum Gasteiger partial charge on any atom is -0.444 e. The summed E-state index contributed by atoms with van der Waals surface area (Å²) in [6.45, 7) is 6.64. The summed E-state index contributed by atoms with van der Waals surface area (Å²) in [5, 5.41) is 11.8. The highest BCUT2D eigenvalue weighted by Gasteiger charge is 2.31. The van der Waals surface area contributed by atoms with Crippen molar-refractivity contribution in [3.05, 3.63) is 46.2 Å². The molecule has 2 aromatic heterocycles. The van der Waals surface area contributed by atoms with Gasteiger partial charge in [0.05, 0.1) is 10.6 Å². The quantitative estimate of drug-likeness (QED) is 0.498. The van der Waals surface area contributed by atoms with Crippen LogP contribution in [-0.2, 0) is 14.2 Å². The first kappa shape index (κ1) is 29.1. The maximum absolute atomic E-state index is 12.9. The van der Waals surface area contributed by atoms with E-state index in [9.17, 15) is 9.59 Å². The second-order valence-corrected chi connectivity index (χ2v) is 10.2. The van der Waals surface area contributed by atoms with Gasteiger partial charge in [0.1, 0.15) is 29.0 Å². The van der Waals surface area contributed by atoms with Crippen LogP contribution < -0.4 is 10.2 Å². The molecule has 0 saturated carbocycles. The molecule has 1 N–H and O–H groups in total. The number of hydrogen-bond acceptors (Lipinski definition) is 8. The van der Waals surface area contributed by atoms with Gasteiger partial charge in [-0.15, -0.1) is 0 Å². The number of hydrogen-bond donors (Lipinski definition) is 1. The van der Waals surface area contributed by atoms with E-state index in [1.165, 1.54) is 31.4 Å². The van der Waals surface area contributed by atoms with Crippen molar-refractivity contribution in [1.82, 2.24) is 14.9 Å². The molecule has 3 rings (SSSR count). The second kappa shape index (κ2) is 12.4. The van der Waals surface area contributed by atoms with Crippen LogP contribution in [0, 0.1) is 11.3 Å². The van der Waals surface area contributed by atoms with E-state index < -0.39 is 17.9 Å². The second-order valence-electron chi connectivity index (χ2n) is 9.84. The van der Waals surface area contributed by atoms with Gasteiger partial charge in [-0.1, -0.05) is 17.7 Å². The summed E-state index contributed by atoms with van der Waals surface area (Å²) in [6, 6.07) is 6.50. The van der Waals surface area contributed by atoms with Crippen LogP contribution in [0.1, 0.15) is 62.6 Å². The average molecular weight is 545 g/mol. The zero-order chi connectivity index (χ0) is 28.0. The molecule has 204 valence electrons. The van der Waals surface area contributed by atoms with Crippen LogP contribution in [0.15, 0.2) is 24.4 Å². The molecule has 3 amide bonds. The lowest BCUT2D eigenvalue weighted by Crippen LogP contribution is -2.41. The molecular weight excluding hydrogens is 512 g/mol. The van der Waals surface area contributed by atoms with Gasteiger partial charge in [-0.3, -0.25) is 10.2 Å². The molecule has 3 heterocycles. The highest BCUT2D eigenvalue weighted by molar-refractivity contribution is 6.32. The first-order valence-electron chi connectivity index (χ1n) is 12.1. The molecule has 0 aliphatic carbocycles. The number of aromatic nitrogens is 2. The van der Waals surface area contributed by atoms with Gasteiger partial charge in [0, 0.05) is 46.6 Å². The smallest absolute Gasteiger partial charge is 0.410 e. The molecule has 0 bridgehead atoms. The normalized spacial score (nSPS) is 14.2. The third-order valence-corrected chi connectivity index (χ3v) is 6.35. The Morgan fingerprint density at radius 3 is 2.45 bits per heavy atom. The highest BCUT2D eigenvalue weighted by Crippen LogP contribution is 2.35. The van der Waals surface area contributed by atoms with Gasteiger partial charge in [-0.25, -0.2) is 19.6 Å². The Morgan fingerprint density at radius 1 is 1.24 bits per heavy atom. The molecule has 1 aliphatic rings. The van der Waals surface area contributed by atoms with E-state index in [0.29, 0.717) is 24.6 Å². The number of anilines is 2. The lowest BCUT2D eigenvalue weighted by atomic mass is 9.88. The Labute approximate surface area is 227 Å². The van der Waals surface area contributed by atoms with Crippen LogP contribution in [-0.4, -0.2) is 67.0 Å². The van der Waals surface area contributed by atoms with Crippen molar-refractivity contribution in [3.63, 3.8) is 0 Å². The number of piperidine rings is 1. The van der Waals surface area contributed by atoms with E-state index in [0.717, 1.165) is 18.4 Å². The highest BCUT2D eigenvalue weighted by atomic mass is 35.5. The number of nitrogens with one attached hydrogen (secondary N) is 1. The fourth-order valence-electron chi connectivity index (χ4n) is 4.09. The van der Waals surface area contributed by atoms with Crippen LogP contribution in [0.2, 0.25) is 5.02 Å². The Bertz CT molecular complexity index is 1200. The molecule has 0 aromatic carbocycles. The molecule has 38 heavy (non-hydrogen) atoms. The van der Waals surface area contributed by atoms with E-state index in [-0.39, 0.29) is 28.4 Å². The number of urea groups is 1. The van der Waals surface area contributed by atoms with Gasteiger partial charge >= 0.3 is 12.1 Å². The zero-order valence-electron chi connectivity index (χ0n) is 22.4. The van der Waals surface area contributed by atoms with Gasteiger partial charge in [0.2, 0.25) is 6.29 Å². The summed E-state index contributed by atoms with van der Waals surface area (Å²) < 4.78 is 16.5. The number of amides is 3. The van der Waals surface area contributed by atoms with Crippen LogP contribution in [0.3, 0.4) is 0 Å². The number of likely N-dealkylation sites (tertiary alicyclic amines) is 1. The first-order chi connectivity index (χ1) is 18.0. The standard InChI is InChI=1S/C26H33ClN6O5/c1-26(2,3)38-25(35)33-11-9-16(10-12-33)18-7-8-21(31-22(18)23(36-5)37-6)32(4)24(34)30-20-13-19(27)17(14-28)15-29-20/h7-8,13,15-16,23H,9-12H2,1-6H3,(H,29,30,34). The Hall–Kier alpha value is -3.46. The number of nitriles is 1. The fourth-order valence-corrected chi connectivity index (χ4v) is 4.29. The van der Waals surface area contributed by atoms with Crippen molar-refractivity contribution >= 4 is 35.4 Å². The number of rotatable bonds is 6. The van der Waals surface area contributed by atoms with Crippen molar-refractivity contribution in [2.75, 3.05) is 44.6 Å². The lowest BCUT2D eigenvalue weighted by molar-refractivity contribution is -0.109. The third-order valence-electron chi connectivity index (χ3n) is 6.04. The average Bonchev–Trinajstić information content (AvgIpc) is 2.88. The molecule has 12 heteroatoms. The maximum Gasteiger partial charge on any atom is 0.410 e. The van der Waals surface area contributed by atoms with Crippen molar-refractivity contribution in [1.29, 1.82) is 5.26 Å². The number of halogens is 1. The molecule has 1 fully saturated rings. The van der Waals surface area contributed by atoms with Crippen molar-refractivity contribution in [3.8, 4) is 6.07 Å². The maximum atomic E-state index is 12.9. The topological polar surface area (TPSA) is 130 Å². The van der Waals surface area contributed by atoms with E-state index >= 15 is 0 Å². The lowest BCUT2D eigenvalue weighted by Gasteiger charge is -2.34. The van der Waals surface area contributed by atoms with Gasteiger partial charge in [-0.05, 0) is 51.2 Å². The van der Waals surface area contributed by atoms with E-state index in [4.69, 9.17) is 36.1 Å². The Kier molecular flexibility index (Phi) is 9.49. The van der Waals surface area contributed by atoms with Crippen LogP contribution in [0.25, 0.3) is 0 Å². The van der Waals surface area contributed by atoms with Crippen molar-refractivity contribution in [2.24, 2.45) is 0 Å². The van der Waals surface area contributed by atoms with Gasteiger partial charge in [0.25, 0.3) is 0 Å². The summed E-state index contributed by atoms with van der Waals surface area (Å²) in [7, 11) is 4.61. The monoisotopic (exact) mass is 544 g/mol. The first-order valence-corrected chi connectivity index (χ1v) is 12.5. The molecule has 0 radical (unpaired) electrons. The van der Waals surface area contributed by atoms with E-state index in [1.807, 2.05) is 32.9 Å². The van der Waals surface area contributed by atoms with Crippen molar-refractivity contribution < 1.29 is 23.8 Å². The van der Waals surface area contributed by atoms with Gasteiger partial charge < -0.3 is 19.1 Å². The molecule has 1 aliphatic heterocycles. The number of nitrogens with zero attached hydrogens (tertiary/aromatic N) is 5. The minimum absolute atomic E-state index is 0.113. The number of methoxy groups -OCH3 is 2. The summed E-state index contributed by atoms with van der Waals surface area (Å²) in [4.78, 5) is 37.2. The molecule has 0 atom stereocenters. The predicted octanol–water partition coefficient (Wildman–Crippen LogP) is 5.08.